The largest absolute Gasteiger partial charge is 0.460 e. The van der Waals surface area contributed by atoms with Gasteiger partial charge in [0.1, 0.15) is 18.4 Å². The molecule has 0 N–H and O–H groups in total. The molecule has 5 heteroatoms. The lowest BCUT2D eigenvalue weighted by atomic mass is 9.87. The number of Topliss-reactive ketones (excluding diaryl/α,β-unsaturated/α-hetero) is 1. The van der Waals surface area contributed by atoms with Crippen molar-refractivity contribution >= 4 is 18.0 Å². The molecular weight excluding hydrogens is 270 g/mol. The monoisotopic (exact) mass is 299 g/mol. The van der Waals surface area contributed by atoms with Gasteiger partial charge in [0.15, 0.2) is 5.78 Å². The lowest BCUT2D eigenvalue weighted by Crippen LogP contribution is -2.54. The van der Waals surface area contributed by atoms with E-state index >= 15 is 0 Å². The molecule has 0 aliphatic heterocycles. The van der Waals surface area contributed by atoms with E-state index in [1.807, 2.05) is 46.6 Å². The molecule has 122 valence electrons. The summed E-state index contributed by atoms with van der Waals surface area (Å²) in [5, 5.41) is 0. The molecular formula is C16H29NO4. The number of nitrogens with zero attached hydrogens (tertiary/aromatic N) is 1. The van der Waals surface area contributed by atoms with Gasteiger partial charge in [-0.15, -0.1) is 0 Å². The van der Waals surface area contributed by atoms with E-state index in [1.54, 1.807) is 0 Å². The number of hydrogen-bond donors (Lipinski definition) is 0. The van der Waals surface area contributed by atoms with E-state index < -0.39 is 18.1 Å². The number of esters is 1. The maximum atomic E-state index is 12.6. The van der Waals surface area contributed by atoms with Crippen molar-refractivity contribution in [2.45, 2.75) is 66.2 Å². The minimum Gasteiger partial charge on any atom is -0.460 e. The number of hydrogen-bond acceptors (Lipinski definition) is 5. The lowest BCUT2D eigenvalue weighted by molar-refractivity contribution is -0.157. The summed E-state index contributed by atoms with van der Waals surface area (Å²) in [7, 11) is 1.85. The van der Waals surface area contributed by atoms with Crippen LogP contribution in [0.5, 0.6) is 0 Å². The maximum absolute atomic E-state index is 12.6. The molecule has 0 fully saturated rings. The summed E-state index contributed by atoms with van der Waals surface area (Å²) in [5.74, 6) is -0.787. The van der Waals surface area contributed by atoms with Crippen molar-refractivity contribution in [3.8, 4) is 0 Å². The van der Waals surface area contributed by atoms with Crippen LogP contribution in [-0.2, 0) is 19.1 Å². The van der Waals surface area contributed by atoms with Gasteiger partial charge in [0.2, 0.25) is 0 Å². The van der Waals surface area contributed by atoms with E-state index in [0.717, 1.165) is 6.29 Å². The zero-order chi connectivity index (χ0) is 16.7. The molecule has 2 unspecified atom stereocenters. The molecule has 0 aromatic heterocycles. The highest BCUT2D eigenvalue weighted by atomic mass is 16.5. The smallest absolute Gasteiger partial charge is 0.302 e. The molecule has 0 aliphatic rings. The van der Waals surface area contributed by atoms with Crippen LogP contribution >= 0.6 is 0 Å². The summed E-state index contributed by atoms with van der Waals surface area (Å²) in [6.07, 6.45) is 0.439. The molecule has 0 saturated carbocycles. The summed E-state index contributed by atoms with van der Waals surface area (Å²) in [5.41, 5.74) is 0. The Morgan fingerprint density at radius 1 is 1.14 bits per heavy atom. The summed E-state index contributed by atoms with van der Waals surface area (Å²) in [6.45, 7) is 10.8. The zero-order valence-electron chi connectivity index (χ0n) is 14.3. The van der Waals surface area contributed by atoms with Crippen LogP contribution in [0.4, 0.5) is 0 Å². The highest BCUT2D eigenvalue weighted by Crippen LogP contribution is 2.23. The van der Waals surface area contributed by atoms with Crippen molar-refractivity contribution in [3.63, 3.8) is 0 Å². The van der Waals surface area contributed by atoms with Crippen molar-refractivity contribution in [1.29, 1.82) is 0 Å². The van der Waals surface area contributed by atoms with Crippen LogP contribution in [0.1, 0.15) is 48.0 Å². The fourth-order valence-electron chi connectivity index (χ4n) is 2.23. The third-order valence-electron chi connectivity index (χ3n) is 3.76. The predicted molar refractivity (Wildman–Crippen MR) is 81.9 cm³/mol. The van der Waals surface area contributed by atoms with Crippen molar-refractivity contribution in [2.75, 3.05) is 7.05 Å². The highest BCUT2D eigenvalue weighted by molar-refractivity contribution is 5.86. The second-order valence-corrected chi connectivity index (χ2v) is 6.21. The molecule has 0 heterocycles. The topological polar surface area (TPSA) is 63.7 Å². The third kappa shape index (κ3) is 5.96. The fraction of sp³-hybridized carbons (Fsp3) is 0.812. The molecule has 0 spiro atoms. The van der Waals surface area contributed by atoms with Gasteiger partial charge < -0.3 is 9.53 Å². The van der Waals surface area contributed by atoms with Gasteiger partial charge in [-0.25, -0.2) is 0 Å². The normalized spacial score (nSPS) is 15.9. The van der Waals surface area contributed by atoms with E-state index in [9.17, 15) is 14.4 Å². The van der Waals surface area contributed by atoms with E-state index in [1.165, 1.54) is 6.92 Å². The van der Waals surface area contributed by atoms with Gasteiger partial charge in [-0.2, -0.15) is 0 Å². The number of rotatable bonds is 9. The molecule has 0 aromatic carbocycles. The van der Waals surface area contributed by atoms with Crippen LogP contribution < -0.4 is 0 Å². The average molecular weight is 299 g/mol. The van der Waals surface area contributed by atoms with Gasteiger partial charge in [-0.3, -0.25) is 14.5 Å². The summed E-state index contributed by atoms with van der Waals surface area (Å²) < 4.78 is 5.41. The number of likely N-dealkylation sites (N-methyl/N-ethyl adjacent to an activating group) is 1. The second-order valence-electron chi connectivity index (χ2n) is 6.21. The summed E-state index contributed by atoms with van der Waals surface area (Å²) in [6, 6.07) is -0.414. The summed E-state index contributed by atoms with van der Waals surface area (Å²) >= 11 is 0. The molecule has 21 heavy (non-hydrogen) atoms. The molecule has 5 nitrogen and oxygen atoms in total. The van der Waals surface area contributed by atoms with Crippen LogP contribution in [0, 0.1) is 11.8 Å². The first-order chi connectivity index (χ1) is 9.63. The van der Waals surface area contributed by atoms with E-state index in [0.29, 0.717) is 0 Å². The Morgan fingerprint density at radius 3 is 2.00 bits per heavy atom. The Hall–Kier alpha value is -1.23. The second kappa shape index (κ2) is 8.93. The van der Waals surface area contributed by atoms with Gasteiger partial charge in [0.25, 0.3) is 0 Å². The number of aldehydes is 1. The highest BCUT2D eigenvalue weighted by Gasteiger charge is 2.39. The Morgan fingerprint density at radius 2 is 1.67 bits per heavy atom. The number of ether oxygens (including phenoxy) is 1. The molecule has 0 aromatic rings. The van der Waals surface area contributed by atoms with Crippen LogP contribution in [0.25, 0.3) is 0 Å². The minimum absolute atomic E-state index is 0.0233. The summed E-state index contributed by atoms with van der Waals surface area (Å²) in [4.78, 5) is 36.7. The maximum Gasteiger partial charge on any atom is 0.302 e. The lowest BCUT2D eigenvalue weighted by Gasteiger charge is -2.38. The predicted octanol–water partition coefficient (Wildman–Crippen LogP) is 2.08. The first-order valence-corrected chi connectivity index (χ1v) is 7.49. The van der Waals surface area contributed by atoms with E-state index in [2.05, 4.69) is 0 Å². The van der Waals surface area contributed by atoms with Crippen LogP contribution in [-0.4, -0.2) is 48.2 Å². The SMILES string of the molecule is CC(=O)OC(C(C(=O)C(C)C)N(C)C(C)C)[C@H](C)CC=O. The van der Waals surface area contributed by atoms with E-state index in [4.69, 9.17) is 4.74 Å². The first-order valence-electron chi connectivity index (χ1n) is 7.49. The number of ketones is 1. The molecule has 0 saturated heterocycles. The Kier molecular flexibility index (Phi) is 8.40. The van der Waals surface area contributed by atoms with E-state index in [-0.39, 0.29) is 30.1 Å². The molecule has 0 radical (unpaired) electrons. The van der Waals surface area contributed by atoms with Gasteiger partial charge in [0, 0.05) is 31.2 Å². The molecule has 0 rings (SSSR count). The van der Waals surface area contributed by atoms with Crippen molar-refractivity contribution < 1.29 is 19.1 Å². The van der Waals surface area contributed by atoms with Crippen molar-refractivity contribution in [3.05, 3.63) is 0 Å². The van der Waals surface area contributed by atoms with Gasteiger partial charge in [-0.05, 0) is 20.9 Å². The number of carbonyl (C=O) groups excluding carboxylic acids is 3. The minimum atomic E-state index is -0.616. The zero-order valence-corrected chi connectivity index (χ0v) is 14.3. The molecule has 0 aliphatic carbocycles. The van der Waals surface area contributed by atoms with Gasteiger partial charge in [0.05, 0.1) is 0 Å². The van der Waals surface area contributed by atoms with Crippen molar-refractivity contribution in [2.24, 2.45) is 11.8 Å². The van der Waals surface area contributed by atoms with Crippen molar-refractivity contribution in [1.82, 2.24) is 4.90 Å². The van der Waals surface area contributed by atoms with Crippen LogP contribution in [0.3, 0.4) is 0 Å². The average Bonchev–Trinajstić information content (AvgIpc) is 2.36. The van der Waals surface area contributed by atoms with Crippen LogP contribution in [0.15, 0.2) is 0 Å². The standard InChI is InChI=1S/C16H29NO4/c1-10(2)15(20)14(17(7)11(3)4)16(21-13(6)19)12(5)8-9-18/h9-12,14,16H,8H2,1-7H3/t12-,14?,16?/m1/s1. The van der Waals surface area contributed by atoms with Crippen LogP contribution in [0.2, 0.25) is 0 Å². The Balaban J connectivity index is 5.58. The van der Waals surface area contributed by atoms with Gasteiger partial charge in [-0.1, -0.05) is 20.8 Å². The quantitative estimate of drug-likeness (QED) is 0.482. The Bertz CT molecular complexity index is 365. The fourth-order valence-corrected chi connectivity index (χ4v) is 2.23. The third-order valence-corrected chi connectivity index (χ3v) is 3.76. The molecule has 0 bridgehead atoms. The number of carbonyl (C=O) groups is 3. The Labute approximate surface area is 128 Å². The molecule has 3 atom stereocenters. The van der Waals surface area contributed by atoms with Gasteiger partial charge >= 0.3 is 5.97 Å². The first kappa shape index (κ1) is 19.8. The molecule has 0 amide bonds.